The summed E-state index contributed by atoms with van der Waals surface area (Å²) >= 11 is 1.45. The number of fused-ring (bicyclic) bond motifs is 1. The van der Waals surface area contributed by atoms with Crippen molar-refractivity contribution in [2.45, 2.75) is 23.4 Å². The number of benzene rings is 2. The summed E-state index contributed by atoms with van der Waals surface area (Å²) in [4.78, 5) is 28.8. The van der Waals surface area contributed by atoms with Gasteiger partial charge in [0.2, 0.25) is 17.0 Å². The number of nitrogens with one attached hydrogen (secondary N) is 2. The van der Waals surface area contributed by atoms with Gasteiger partial charge in [0.25, 0.3) is 5.91 Å². The number of aromatic nitrogens is 3. The Morgan fingerprint density at radius 3 is 2.68 bits per heavy atom. The number of thioether (sulfide) groups is 1. The van der Waals surface area contributed by atoms with Gasteiger partial charge in [-0.15, -0.1) is 5.10 Å². The molecule has 7 nitrogen and oxygen atoms in total. The summed E-state index contributed by atoms with van der Waals surface area (Å²) in [6, 6.07) is 14.6. The van der Waals surface area contributed by atoms with Crippen LogP contribution in [0.5, 0.6) is 0 Å². The number of hydrogen-bond acceptors (Lipinski definition) is 5. The molecule has 0 fully saturated rings. The lowest BCUT2D eigenvalue weighted by atomic mass is 10.2. The van der Waals surface area contributed by atoms with Crippen LogP contribution in [0.15, 0.2) is 59.8 Å². The first-order valence-corrected chi connectivity index (χ1v) is 9.56. The molecule has 9 heteroatoms. The Balaban J connectivity index is 1.40. The summed E-state index contributed by atoms with van der Waals surface area (Å²) in [7, 11) is 0. The van der Waals surface area contributed by atoms with Gasteiger partial charge in [-0.2, -0.15) is 4.98 Å². The van der Waals surface area contributed by atoms with E-state index in [4.69, 9.17) is 0 Å². The zero-order valence-corrected chi connectivity index (χ0v) is 15.4. The van der Waals surface area contributed by atoms with Gasteiger partial charge in [0.05, 0.1) is 6.42 Å². The van der Waals surface area contributed by atoms with Crippen molar-refractivity contribution in [3.63, 3.8) is 0 Å². The fourth-order valence-corrected chi connectivity index (χ4v) is 3.58. The smallest absolute Gasteiger partial charge is 0.252 e. The first-order chi connectivity index (χ1) is 13.6. The SMILES string of the molecule is O=C(C[C@H]1C(=O)Nc2nc(SCc3ccccc3)nn21)Nc1ccc(F)cc1. The standard InChI is InChI=1S/C19H16FN5O2S/c20-13-6-8-14(9-7-13)21-16(26)10-15-17(27)22-18-23-19(24-25(15)18)28-11-12-4-2-1-3-5-12/h1-9,15H,10-11H2,(H,21,26)(H,22,23,24,27)/t15-/m0/s1. The van der Waals surface area contributed by atoms with E-state index in [1.165, 1.54) is 40.7 Å². The number of halogens is 1. The molecule has 0 radical (unpaired) electrons. The van der Waals surface area contributed by atoms with Crippen molar-refractivity contribution in [3.05, 3.63) is 66.0 Å². The molecule has 28 heavy (non-hydrogen) atoms. The zero-order chi connectivity index (χ0) is 19.5. The number of anilines is 2. The van der Waals surface area contributed by atoms with Gasteiger partial charge in [0.1, 0.15) is 11.9 Å². The molecule has 0 saturated carbocycles. The topological polar surface area (TPSA) is 88.9 Å². The van der Waals surface area contributed by atoms with Crippen LogP contribution in [0.2, 0.25) is 0 Å². The van der Waals surface area contributed by atoms with Crippen LogP contribution in [-0.4, -0.2) is 26.6 Å². The zero-order valence-electron chi connectivity index (χ0n) is 14.6. The monoisotopic (exact) mass is 397 g/mol. The molecule has 3 aromatic rings. The van der Waals surface area contributed by atoms with Crippen LogP contribution in [-0.2, 0) is 15.3 Å². The van der Waals surface area contributed by atoms with Crippen molar-refractivity contribution in [2.24, 2.45) is 0 Å². The Kier molecular flexibility index (Phi) is 5.07. The Bertz CT molecular complexity index is 1010. The average Bonchev–Trinajstić information content (AvgIpc) is 3.21. The highest BCUT2D eigenvalue weighted by Gasteiger charge is 2.35. The number of rotatable bonds is 6. The van der Waals surface area contributed by atoms with E-state index in [9.17, 15) is 14.0 Å². The highest BCUT2D eigenvalue weighted by atomic mass is 32.2. The minimum absolute atomic E-state index is 0.0949. The van der Waals surface area contributed by atoms with Gasteiger partial charge in [-0.3, -0.25) is 14.9 Å². The van der Waals surface area contributed by atoms with Crippen molar-refractivity contribution < 1.29 is 14.0 Å². The largest absolute Gasteiger partial charge is 0.326 e. The van der Waals surface area contributed by atoms with Gasteiger partial charge in [0, 0.05) is 11.4 Å². The van der Waals surface area contributed by atoms with Gasteiger partial charge in [0.15, 0.2) is 0 Å². The molecule has 2 aromatic carbocycles. The third kappa shape index (κ3) is 4.04. The van der Waals surface area contributed by atoms with E-state index in [1.807, 2.05) is 30.3 Å². The molecular weight excluding hydrogens is 381 g/mol. The Labute approximate surface area is 164 Å². The fourth-order valence-electron chi connectivity index (χ4n) is 2.79. The van der Waals surface area contributed by atoms with Crippen molar-refractivity contribution >= 4 is 35.2 Å². The molecule has 1 aromatic heterocycles. The predicted molar refractivity (Wildman–Crippen MR) is 103 cm³/mol. The maximum atomic E-state index is 13.0. The predicted octanol–water partition coefficient (Wildman–Crippen LogP) is 3.23. The normalized spacial score (nSPS) is 15.2. The van der Waals surface area contributed by atoms with E-state index in [0.717, 1.165) is 5.56 Å². The van der Waals surface area contributed by atoms with Crippen LogP contribution >= 0.6 is 11.8 Å². The molecule has 0 aliphatic carbocycles. The maximum Gasteiger partial charge on any atom is 0.252 e. The highest BCUT2D eigenvalue weighted by Crippen LogP contribution is 2.29. The molecule has 2 amide bonds. The second-order valence-corrected chi connectivity index (χ2v) is 7.14. The Morgan fingerprint density at radius 1 is 1.18 bits per heavy atom. The molecule has 2 N–H and O–H groups in total. The number of carbonyl (C=O) groups is 2. The van der Waals surface area contributed by atoms with Gasteiger partial charge in [-0.25, -0.2) is 9.07 Å². The molecule has 1 aliphatic rings. The second-order valence-electron chi connectivity index (χ2n) is 6.20. The van der Waals surface area contributed by atoms with Crippen molar-refractivity contribution in [3.8, 4) is 0 Å². The van der Waals surface area contributed by atoms with E-state index in [2.05, 4.69) is 20.7 Å². The van der Waals surface area contributed by atoms with E-state index in [0.29, 0.717) is 22.5 Å². The van der Waals surface area contributed by atoms with E-state index in [1.54, 1.807) is 0 Å². The van der Waals surface area contributed by atoms with Crippen LogP contribution in [0, 0.1) is 5.82 Å². The van der Waals surface area contributed by atoms with Gasteiger partial charge in [-0.1, -0.05) is 42.1 Å². The molecule has 1 atom stereocenters. The number of carbonyl (C=O) groups excluding carboxylic acids is 2. The molecule has 142 valence electrons. The molecule has 0 unspecified atom stereocenters. The van der Waals surface area contributed by atoms with Crippen molar-refractivity contribution in [1.29, 1.82) is 0 Å². The lowest BCUT2D eigenvalue weighted by Gasteiger charge is -2.09. The van der Waals surface area contributed by atoms with Crippen LogP contribution in [0.25, 0.3) is 0 Å². The third-order valence-corrected chi connectivity index (χ3v) is 5.07. The number of nitrogens with zero attached hydrogens (tertiary/aromatic N) is 3. The fraction of sp³-hybridized carbons (Fsp3) is 0.158. The van der Waals surface area contributed by atoms with E-state index >= 15 is 0 Å². The minimum atomic E-state index is -0.769. The summed E-state index contributed by atoms with van der Waals surface area (Å²) in [5, 5.41) is 10.2. The first-order valence-electron chi connectivity index (χ1n) is 8.58. The first kappa shape index (κ1) is 18.2. The van der Waals surface area contributed by atoms with Gasteiger partial charge in [-0.05, 0) is 29.8 Å². The summed E-state index contributed by atoms with van der Waals surface area (Å²) in [6.45, 7) is 0. The Morgan fingerprint density at radius 2 is 1.93 bits per heavy atom. The minimum Gasteiger partial charge on any atom is -0.326 e. The van der Waals surface area contributed by atoms with Crippen molar-refractivity contribution in [2.75, 3.05) is 10.6 Å². The van der Waals surface area contributed by atoms with E-state index in [-0.39, 0.29) is 24.1 Å². The molecule has 0 bridgehead atoms. The van der Waals surface area contributed by atoms with E-state index < -0.39 is 6.04 Å². The molecule has 1 aliphatic heterocycles. The molecule has 2 heterocycles. The Hall–Kier alpha value is -3.20. The van der Waals surface area contributed by atoms with Gasteiger partial charge >= 0.3 is 0 Å². The average molecular weight is 397 g/mol. The summed E-state index contributed by atoms with van der Waals surface area (Å²) < 4.78 is 14.4. The van der Waals surface area contributed by atoms with Crippen molar-refractivity contribution in [1.82, 2.24) is 14.8 Å². The molecular formula is C19H16FN5O2S. The third-order valence-electron chi connectivity index (χ3n) is 4.16. The number of hydrogen-bond donors (Lipinski definition) is 2. The number of amides is 2. The van der Waals surface area contributed by atoms with Crippen LogP contribution in [0.3, 0.4) is 0 Å². The summed E-state index contributed by atoms with van der Waals surface area (Å²) in [5.74, 6) is -0.0490. The van der Waals surface area contributed by atoms with Crippen LogP contribution in [0.1, 0.15) is 18.0 Å². The molecule has 4 rings (SSSR count). The summed E-state index contributed by atoms with van der Waals surface area (Å²) in [5.41, 5.74) is 1.60. The molecule has 0 saturated heterocycles. The highest BCUT2D eigenvalue weighted by molar-refractivity contribution is 7.98. The quantitative estimate of drug-likeness (QED) is 0.624. The maximum absolute atomic E-state index is 13.0. The van der Waals surface area contributed by atoms with Crippen LogP contribution in [0.4, 0.5) is 16.0 Å². The van der Waals surface area contributed by atoms with Crippen LogP contribution < -0.4 is 10.6 Å². The van der Waals surface area contributed by atoms with Gasteiger partial charge < -0.3 is 5.32 Å². The molecule has 0 spiro atoms. The lowest BCUT2D eigenvalue weighted by Crippen LogP contribution is -2.23. The second kappa shape index (κ2) is 7.81. The summed E-state index contributed by atoms with van der Waals surface area (Å²) in [6.07, 6.45) is -0.0949. The lowest BCUT2D eigenvalue weighted by molar-refractivity contribution is -0.123.